The number of carboxylic acid groups (broad SMARTS) is 1. The monoisotopic (exact) mass is 306 g/mol. The molecule has 1 aromatic carbocycles. The van der Waals surface area contributed by atoms with Crippen LogP contribution in [0.4, 0.5) is 11.6 Å². The van der Waals surface area contributed by atoms with E-state index in [0.29, 0.717) is 5.52 Å². The second-order valence-corrected chi connectivity index (χ2v) is 4.97. The number of nitrogens with one attached hydrogen (secondary N) is 1. The van der Waals surface area contributed by atoms with Gasteiger partial charge in [-0.3, -0.25) is 24.7 Å². The Bertz CT molecular complexity index is 801. The predicted molar refractivity (Wildman–Crippen MR) is 79.1 cm³/mol. The number of carbonyl (C=O) groups is 1. The molecule has 0 fully saturated rings. The Morgan fingerprint density at radius 2 is 2.23 bits per heavy atom. The molecule has 0 saturated heterocycles. The van der Waals surface area contributed by atoms with Gasteiger partial charge in [-0.05, 0) is 6.07 Å². The summed E-state index contributed by atoms with van der Waals surface area (Å²) in [6.45, 7) is 1.71. The maximum atomic E-state index is 12.0. The van der Waals surface area contributed by atoms with E-state index in [1.165, 1.54) is 17.0 Å². The lowest BCUT2D eigenvalue weighted by Crippen LogP contribution is -2.31. The van der Waals surface area contributed by atoms with Crippen molar-refractivity contribution in [2.45, 2.75) is 6.92 Å². The highest BCUT2D eigenvalue weighted by Gasteiger charge is 2.17. The Labute approximate surface area is 124 Å². The summed E-state index contributed by atoms with van der Waals surface area (Å²) in [4.78, 5) is 41.3. The van der Waals surface area contributed by atoms with Gasteiger partial charge in [-0.15, -0.1) is 0 Å². The Kier molecular flexibility index (Phi) is 4.06. The Morgan fingerprint density at radius 1 is 1.55 bits per heavy atom. The summed E-state index contributed by atoms with van der Waals surface area (Å²) in [5, 5.41) is 19.7. The molecule has 22 heavy (non-hydrogen) atoms. The van der Waals surface area contributed by atoms with Crippen LogP contribution in [0.3, 0.4) is 0 Å². The largest absolute Gasteiger partial charge is 0.481 e. The van der Waals surface area contributed by atoms with Crippen LogP contribution in [0.15, 0.2) is 23.0 Å². The van der Waals surface area contributed by atoms with E-state index in [-0.39, 0.29) is 23.6 Å². The van der Waals surface area contributed by atoms with Crippen molar-refractivity contribution in [3.8, 4) is 0 Å². The first-order chi connectivity index (χ1) is 10.3. The smallest absolute Gasteiger partial charge is 0.308 e. The van der Waals surface area contributed by atoms with Crippen molar-refractivity contribution in [3.05, 3.63) is 38.7 Å². The van der Waals surface area contributed by atoms with Crippen LogP contribution in [0.5, 0.6) is 0 Å². The van der Waals surface area contributed by atoms with Crippen molar-refractivity contribution >= 4 is 28.5 Å². The van der Waals surface area contributed by atoms with Gasteiger partial charge in [-0.25, -0.2) is 4.98 Å². The molecule has 1 atom stereocenters. The highest BCUT2D eigenvalue weighted by Crippen LogP contribution is 2.18. The number of H-pyrrole nitrogens is 1. The predicted octanol–water partition coefficient (Wildman–Crippen LogP) is 0.988. The lowest BCUT2D eigenvalue weighted by Gasteiger charge is -2.19. The van der Waals surface area contributed by atoms with Gasteiger partial charge in [-0.2, -0.15) is 0 Å². The average Bonchev–Trinajstić information content (AvgIpc) is 2.46. The fraction of sp³-hybridized carbons (Fsp3) is 0.308. The minimum absolute atomic E-state index is 0.109. The molecule has 0 aliphatic rings. The molecule has 0 amide bonds. The number of fused-ring (bicyclic) bond motifs is 1. The fourth-order valence-electron chi connectivity index (χ4n) is 1.98. The summed E-state index contributed by atoms with van der Waals surface area (Å²) < 4.78 is 0. The number of non-ortho nitro benzene ring substituents is 1. The molecule has 0 bridgehead atoms. The molecule has 1 heterocycles. The molecule has 0 radical (unpaired) electrons. The lowest BCUT2D eigenvalue weighted by molar-refractivity contribution is -0.384. The van der Waals surface area contributed by atoms with Gasteiger partial charge >= 0.3 is 5.97 Å². The summed E-state index contributed by atoms with van der Waals surface area (Å²) in [7, 11) is 1.61. The normalized spacial score (nSPS) is 12.1. The molecular formula is C13H14N4O5. The first-order valence-corrected chi connectivity index (χ1v) is 6.42. The van der Waals surface area contributed by atoms with Crippen molar-refractivity contribution in [1.29, 1.82) is 0 Å². The van der Waals surface area contributed by atoms with Gasteiger partial charge in [0.1, 0.15) is 0 Å². The molecule has 116 valence electrons. The van der Waals surface area contributed by atoms with Gasteiger partial charge in [0.15, 0.2) is 0 Å². The number of aliphatic carboxylic acids is 1. The Balaban J connectivity index is 2.42. The van der Waals surface area contributed by atoms with E-state index in [1.54, 1.807) is 14.0 Å². The number of aromatic nitrogens is 2. The summed E-state index contributed by atoms with van der Waals surface area (Å²) >= 11 is 0. The zero-order valence-electron chi connectivity index (χ0n) is 11.9. The molecule has 0 aliphatic carbocycles. The first kappa shape index (κ1) is 15.4. The van der Waals surface area contributed by atoms with Crippen molar-refractivity contribution in [2.75, 3.05) is 18.5 Å². The van der Waals surface area contributed by atoms with Gasteiger partial charge in [0.05, 0.1) is 21.7 Å². The van der Waals surface area contributed by atoms with Gasteiger partial charge in [-0.1, -0.05) is 6.92 Å². The standard InChI is InChI=1S/C13H14N4O5/c1-7(12(19)20)6-16(2)13-14-10-4-3-8(17(21)22)5-9(10)11(18)15-13/h3-5,7H,6H2,1-2H3,(H,19,20)(H,14,15,18). The number of carboxylic acids is 1. The zero-order valence-corrected chi connectivity index (χ0v) is 11.9. The van der Waals surface area contributed by atoms with E-state index >= 15 is 0 Å². The highest BCUT2D eigenvalue weighted by atomic mass is 16.6. The molecule has 1 unspecified atom stereocenters. The van der Waals surface area contributed by atoms with Crippen LogP contribution < -0.4 is 10.5 Å². The second-order valence-electron chi connectivity index (χ2n) is 4.97. The number of anilines is 1. The van der Waals surface area contributed by atoms with E-state index in [2.05, 4.69) is 9.97 Å². The SMILES string of the molecule is CC(CN(C)c1nc2ccc([N+](=O)[O-])cc2c(=O)[nH]1)C(=O)O. The molecule has 2 aromatic rings. The number of nitro groups is 1. The minimum Gasteiger partial charge on any atom is -0.481 e. The second kappa shape index (κ2) is 5.80. The Hall–Kier alpha value is -2.97. The van der Waals surface area contributed by atoms with Crippen molar-refractivity contribution in [3.63, 3.8) is 0 Å². The molecule has 0 saturated carbocycles. The first-order valence-electron chi connectivity index (χ1n) is 6.42. The van der Waals surface area contributed by atoms with Crippen molar-refractivity contribution < 1.29 is 14.8 Å². The van der Waals surface area contributed by atoms with Crippen LogP contribution in [-0.2, 0) is 4.79 Å². The topological polar surface area (TPSA) is 129 Å². The fourth-order valence-corrected chi connectivity index (χ4v) is 1.98. The third-order valence-corrected chi connectivity index (χ3v) is 3.22. The van der Waals surface area contributed by atoms with E-state index in [4.69, 9.17) is 5.11 Å². The average molecular weight is 306 g/mol. The molecule has 2 rings (SSSR count). The molecule has 9 nitrogen and oxygen atoms in total. The van der Waals surface area contributed by atoms with E-state index in [1.807, 2.05) is 0 Å². The maximum absolute atomic E-state index is 12.0. The van der Waals surface area contributed by atoms with Gasteiger partial charge < -0.3 is 10.0 Å². The Morgan fingerprint density at radius 3 is 2.82 bits per heavy atom. The van der Waals surface area contributed by atoms with Crippen LogP contribution in [0, 0.1) is 16.0 Å². The van der Waals surface area contributed by atoms with Gasteiger partial charge in [0.25, 0.3) is 11.2 Å². The quantitative estimate of drug-likeness (QED) is 0.622. The van der Waals surface area contributed by atoms with Crippen LogP contribution in [0.25, 0.3) is 10.9 Å². The number of benzene rings is 1. The van der Waals surface area contributed by atoms with Crippen LogP contribution in [-0.4, -0.2) is 39.6 Å². The van der Waals surface area contributed by atoms with Crippen LogP contribution in [0.2, 0.25) is 0 Å². The minimum atomic E-state index is -0.953. The zero-order chi connectivity index (χ0) is 16.4. The van der Waals surface area contributed by atoms with Crippen molar-refractivity contribution in [2.24, 2.45) is 5.92 Å². The van der Waals surface area contributed by atoms with E-state index in [9.17, 15) is 19.7 Å². The molecular weight excluding hydrogens is 292 g/mol. The number of hydrogen-bond acceptors (Lipinski definition) is 6. The lowest BCUT2D eigenvalue weighted by atomic mass is 10.2. The summed E-state index contributed by atoms with van der Waals surface area (Å²) in [5.74, 6) is -1.38. The third-order valence-electron chi connectivity index (χ3n) is 3.22. The number of hydrogen-bond donors (Lipinski definition) is 2. The summed E-state index contributed by atoms with van der Waals surface area (Å²) in [5.41, 5.74) is -0.405. The number of nitrogens with zero attached hydrogens (tertiary/aromatic N) is 3. The van der Waals surface area contributed by atoms with Crippen LogP contribution in [0.1, 0.15) is 6.92 Å². The van der Waals surface area contributed by atoms with Crippen molar-refractivity contribution in [1.82, 2.24) is 9.97 Å². The maximum Gasteiger partial charge on any atom is 0.308 e. The molecule has 9 heteroatoms. The molecule has 0 spiro atoms. The summed E-state index contributed by atoms with van der Waals surface area (Å²) in [6.07, 6.45) is 0. The highest BCUT2D eigenvalue weighted by molar-refractivity contribution is 5.81. The number of nitro benzene ring substituents is 1. The van der Waals surface area contributed by atoms with Crippen LogP contribution >= 0.6 is 0 Å². The number of rotatable bonds is 5. The third kappa shape index (κ3) is 3.03. The van der Waals surface area contributed by atoms with Gasteiger partial charge in [0.2, 0.25) is 5.95 Å². The summed E-state index contributed by atoms with van der Waals surface area (Å²) in [6, 6.07) is 3.81. The van der Waals surface area contributed by atoms with Gasteiger partial charge in [0, 0.05) is 25.7 Å². The number of aromatic amines is 1. The van der Waals surface area contributed by atoms with E-state index in [0.717, 1.165) is 6.07 Å². The molecule has 2 N–H and O–H groups in total. The molecule has 0 aliphatic heterocycles. The molecule has 1 aromatic heterocycles. The van der Waals surface area contributed by atoms with E-state index < -0.39 is 22.4 Å².